The first-order chi connectivity index (χ1) is 17.9. The maximum Gasteiger partial charge on any atom is 0.408 e. The molecule has 1 saturated carbocycles. The van der Waals surface area contributed by atoms with E-state index in [9.17, 15) is 24.3 Å². The molecule has 4 amide bonds. The maximum absolute atomic E-state index is 14.0. The fourth-order valence-electron chi connectivity index (χ4n) is 4.58. The van der Waals surface area contributed by atoms with E-state index in [1.54, 1.807) is 32.9 Å². The van der Waals surface area contributed by atoms with Gasteiger partial charge >= 0.3 is 6.09 Å². The van der Waals surface area contributed by atoms with Gasteiger partial charge in [0, 0.05) is 19.0 Å². The lowest BCUT2D eigenvalue weighted by atomic mass is 9.94. The lowest BCUT2D eigenvalue weighted by Gasteiger charge is -2.35. The first-order valence-corrected chi connectivity index (χ1v) is 13.6. The highest BCUT2D eigenvalue weighted by molar-refractivity contribution is 5.92. The van der Waals surface area contributed by atoms with E-state index < -0.39 is 35.6 Å². The summed E-state index contributed by atoms with van der Waals surface area (Å²) in [6.07, 6.45) is 5.26. The lowest BCUT2D eigenvalue weighted by molar-refractivity contribution is -0.143. The van der Waals surface area contributed by atoms with E-state index in [-0.39, 0.29) is 37.1 Å². The van der Waals surface area contributed by atoms with E-state index in [0.29, 0.717) is 12.0 Å². The van der Waals surface area contributed by atoms with Gasteiger partial charge in [0.1, 0.15) is 23.4 Å². The number of unbranched alkanes of at least 4 members (excludes halogenated alkanes) is 1. The number of nitrogens with one attached hydrogen (secondary N) is 2. The number of carbonyl (C=O) groups excluding carboxylic acids is 4. The molecular weight excluding hydrogens is 488 g/mol. The number of nitrogens with zero attached hydrogens (tertiary/aromatic N) is 1. The Morgan fingerprint density at radius 3 is 2.42 bits per heavy atom. The molecule has 2 unspecified atom stereocenters. The minimum Gasteiger partial charge on any atom is -0.508 e. The number of rotatable bonds is 12. The van der Waals surface area contributed by atoms with Gasteiger partial charge in [-0.1, -0.05) is 44.7 Å². The zero-order valence-corrected chi connectivity index (χ0v) is 23.1. The molecule has 1 aliphatic carbocycles. The molecule has 0 heterocycles. The summed E-state index contributed by atoms with van der Waals surface area (Å²) in [6.45, 7) is 7.31. The van der Waals surface area contributed by atoms with Crippen molar-refractivity contribution in [1.29, 1.82) is 0 Å². The SMILES string of the molecule is CCCCN(C(=O)C(CCC(N)=O)NC(=O)OC(C)(C)C)C(C(=O)NC1CCCCC1)c1cccc(O)c1. The van der Waals surface area contributed by atoms with Crippen molar-refractivity contribution in [2.75, 3.05) is 6.54 Å². The molecule has 0 bridgehead atoms. The average molecular weight is 533 g/mol. The summed E-state index contributed by atoms with van der Waals surface area (Å²) < 4.78 is 5.35. The largest absolute Gasteiger partial charge is 0.508 e. The topological polar surface area (TPSA) is 151 Å². The van der Waals surface area contributed by atoms with Crippen molar-refractivity contribution in [3.8, 4) is 5.75 Å². The zero-order chi connectivity index (χ0) is 28.3. The standard InChI is InChI=1S/C28H44N4O6/c1-5-6-17-32(26(36)22(15-16-23(29)34)31-27(37)38-28(2,3)4)24(19-11-10-14-21(33)18-19)25(35)30-20-12-8-7-9-13-20/h10-11,14,18,20,22,24,33H,5-9,12-13,15-17H2,1-4H3,(H2,29,34)(H,30,35)(H,31,37). The van der Waals surface area contributed by atoms with Crippen LogP contribution in [0, 0.1) is 0 Å². The molecular formula is C28H44N4O6. The van der Waals surface area contributed by atoms with Gasteiger partial charge in [-0.25, -0.2) is 4.79 Å². The van der Waals surface area contributed by atoms with Gasteiger partial charge in [-0.3, -0.25) is 14.4 Å². The van der Waals surface area contributed by atoms with Gasteiger partial charge in [-0.05, 0) is 64.2 Å². The van der Waals surface area contributed by atoms with Gasteiger partial charge in [0.15, 0.2) is 0 Å². The van der Waals surface area contributed by atoms with Crippen molar-refractivity contribution in [1.82, 2.24) is 15.5 Å². The summed E-state index contributed by atoms with van der Waals surface area (Å²) in [5.74, 6) is -1.53. The monoisotopic (exact) mass is 532 g/mol. The van der Waals surface area contributed by atoms with Gasteiger partial charge in [-0.2, -0.15) is 0 Å². The fraction of sp³-hybridized carbons (Fsp3) is 0.643. The number of benzene rings is 1. The molecule has 0 saturated heterocycles. The molecule has 0 aliphatic heterocycles. The van der Waals surface area contributed by atoms with Gasteiger partial charge in [0.2, 0.25) is 17.7 Å². The van der Waals surface area contributed by atoms with E-state index in [0.717, 1.165) is 38.5 Å². The second kappa shape index (κ2) is 14.6. The molecule has 212 valence electrons. The molecule has 0 aromatic heterocycles. The predicted molar refractivity (Wildman–Crippen MR) is 144 cm³/mol. The quantitative estimate of drug-likeness (QED) is 0.322. The van der Waals surface area contributed by atoms with Gasteiger partial charge in [0.25, 0.3) is 0 Å². The van der Waals surface area contributed by atoms with Crippen LogP contribution < -0.4 is 16.4 Å². The fourth-order valence-corrected chi connectivity index (χ4v) is 4.58. The Bertz CT molecular complexity index is 955. The smallest absolute Gasteiger partial charge is 0.408 e. The molecule has 10 nitrogen and oxygen atoms in total. The van der Waals surface area contributed by atoms with Crippen LogP contribution in [0.2, 0.25) is 0 Å². The molecule has 2 atom stereocenters. The number of aromatic hydroxyl groups is 1. The summed E-state index contributed by atoms with van der Waals surface area (Å²) in [6, 6.07) is 4.10. The Hall–Kier alpha value is -3.30. The molecule has 38 heavy (non-hydrogen) atoms. The molecule has 1 fully saturated rings. The number of phenols is 1. The van der Waals surface area contributed by atoms with Crippen LogP contribution in [0.5, 0.6) is 5.75 Å². The highest BCUT2D eigenvalue weighted by Gasteiger charge is 2.37. The second-order valence-corrected chi connectivity index (χ2v) is 10.9. The Kier molecular flexibility index (Phi) is 11.9. The van der Waals surface area contributed by atoms with Crippen LogP contribution in [0.4, 0.5) is 4.79 Å². The number of ether oxygens (including phenoxy) is 1. The van der Waals surface area contributed by atoms with Gasteiger partial charge in [-0.15, -0.1) is 0 Å². The van der Waals surface area contributed by atoms with Crippen LogP contribution >= 0.6 is 0 Å². The molecule has 10 heteroatoms. The molecule has 2 rings (SSSR count). The number of carbonyl (C=O) groups is 4. The predicted octanol–water partition coefficient (Wildman–Crippen LogP) is 3.67. The molecule has 0 radical (unpaired) electrons. The summed E-state index contributed by atoms with van der Waals surface area (Å²) in [4.78, 5) is 53.4. The lowest BCUT2D eigenvalue weighted by Crippen LogP contribution is -2.54. The number of nitrogens with two attached hydrogens (primary N) is 1. The number of alkyl carbamates (subject to hydrolysis) is 1. The summed E-state index contributed by atoms with van der Waals surface area (Å²) in [5.41, 5.74) is 5.00. The van der Waals surface area contributed by atoms with E-state index in [4.69, 9.17) is 10.5 Å². The molecule has 1 aliphatic rings. The van der Waals surface area contributed by atoms with E-state index >= 15 is 0 Å². The van der Waals surface area contributed by atoms with Crippen LogP contribution in [0.3, 0.4) is 0 Å². The molecule has 0 spiro atoms. The van der Waals surface area contributed by atoms with Gasteiger partial charge in [0.05, 0.1) is 0 Å². The first kappa shape index (κ1) is 30.9. The van der Waals surface area contributed by atoms with E-state index in [1.165, 1.54) is 17.0 Å². The summed E-state index contributed by atoms with van der Waals surface area (Å²) >= 11 is 0. The van der Waals surface area contributed by atoms with E-state index in [1.807, 2.05) is 6.92 Å². The van der Waals surface area contributed by atoms with Crippen molar-refractivity contribution in [2.45, 2.75) is 109 Å². The van der Waals surface area contributed by atoms with Crippen molar-refractivity contribution in [2.24, 2.45) is 5.73 Å². The van der Waals surface area contributed by atoms with Crippen molar-refractivity contribution >= 4 is 23.8 Å². The highest BCUT2D eigenvalue weighted by Crippen LogP contribution is 2.28. The number of amides is 4. The van der Waals surface area contributed by atoms with Crippen molar-refractivity contribution in [3.05, 3.63) is 29.8 Å². The third-order valence-corrected chi connectivity index (χ3v) is 6.40. The Morgan fingerprint density at radius 1 is 1.16 bits per heavy atom. The Morgan fingerprint density at radius 2 is 1.84 bits per heavy atom. The summed E-state index contributed by atoms with van der Waals surface area (Å²) in [7, 11) is 0. The average Bonchev–Trinajstić information content (AvgIpc) is 2.83. The first-order valence-electron chi connectivity index (χ1n) is 13.6. The van der Waals surface area contributed by atoms with Crippen molar-refractivity contribution < 1.29 is 29.0 Å². The van der Waals surface area contributed by atoms with E-state index in [2.05, 4.69) is 10.6 Å². The molecule has 1 aromatic rings. The van der Waals surface area contributed by atoms with Crippen LogP contribution in [0.25, 0.3) is 0 Å². The number of primary amides is 1. The van der Waals surface area contributed by atoms with Crippen LogP contribution in [0.1, 0.15) is 97.1 Å². The minimum absolute atomic E-state index is 0.00438. The van der Waals surface area contributed by atoms with Crippen LogP contribution in [-0.4, -0.2) is 58.1 Å². The van der Waals surface area contributed by atoms with Crippen LogP contribution in [0.15, 0.2) is 24.3 Å². The summed E-state index contributed by atoms with van der Waals surface area (Å²) in [5, 5.41) is 15.9. The maximum atomic E-state index is 14.0. The number of phenolic OH excluding ortho intramolecular Hbond substituents is 1. The normalized spacial score (nSPS) is 15.7. The zero-order valence-electron chi connectivity index (χ0n) is 23.1. The third kappa shape index (κ3) is 10.2. The molecule has 1 aromatic carbocycles. The third-order valence-electron chi connectivity index (χ3n) is 6.40. The Labute approximate surface area is 225 Å². The Balaban J connectivity index is 2.45. The van der Waals surface area contributed by atoms with Crippen LogP contribution in [-0.2, 0) is 19.1 Å². The second-order valence-electron chi connectivity index (χ2n) is 10.9. The highest BCUT2D eigenvalue weighted by atomic mass is 16.6. The van der Waals surface area contributed by atoms with Crippen molar-refractivity contribution in [3.63, 3.8) is 0 Å². The number of hydrogen-bond acceptors (Lipinski definition) is 6. The molecule has 5 N–H and O–H groups in total. The minimum atomic E-state index is -1.14. The van der Waals surface area contributed by atoms with Gasteiger partial charge < -0.3 is 31.1 Å². The number of hydrogen-bond donors (Lipinski definition) is 4.